The van der Waals surface area contributed by atoms with E-state index in [2.05, 4.69) is 39.5 Å². The fourth-order valence-corrected chi connectivity index (χ4v) is 3.53. The van der Waals surface area contributed by atoms with Crippen molar-refractivity contribution in [3.05, 3.63) is 57.8 Å². The Morgan fingerprint density at radius 1 is 1.19 bits per heavy atom. The second-order valence-corrected chi connectivity index (χ2v) is 7.15. The third kappa shape index (κ3) is 4.64. The first-order chi connectivity index (χ1) is 12.5. The Hall–Kier alpha value is -2.34. The number of H-pyrrole nitrogens is 1. The van der Waals surface area contributed by atoms with Crippen molar-refractivity contribution in [3.63, 3.8) is 0 Å². The molecular weight excluding hydrogens is 328 g/mol. The molecular formula is C20H28N4O2. The fraction of sp³-hybridized carbons (Fsp3) is 0.500. The van der Waals surface area contributed by atoms with E-state index >= 15 is 0 Å². The van der Waals surface area contributed by atoms with E-state index in [0.717, 1.165) is 43.9 Å². The number of aryl methyl sites for hydroxylation is 1. The first-order valence-electron chi connectivity index (χ1n) is 9.34. The minimum absolute atomic E-state index is 0.0247. The standard InChI is InChI=1S/C20H28N4O2/c1-15-16(2)24(20(26)21-15)13-10-19(25)22-18-8-11-23(12-9-18)14-17-6-4-3-5-7-17/h3-7,18H,8-14H2,1-2H3,(H,21,26)(H,22,25). The van der Waals surface area contributed by atoms with Gasteiger partial charge in [0.05, 0.1) is 0 Å². The maximum atomic E-state index is 12.2. The Morgan fingerprint density at radius 3 is 2.50 bits per heavy atom. The summed E-state index contributed by atoms with van der Waals surface area (Å²) in [5, 5.41) is 3.13. The molecule has 1 aromatic heterocycles. The normalized spacial score (nSPS) is 15.9. The van der Waals surface area contributed by atoms with Crippen molar-refractivity contribution in [2.24, 2.45) is 0 Å². The Bertz CT molecular complexity index is 786. The van der Waals surface area contributed by atoms with Crippen LogP contribution < -0.4 is 11.0 Å². The molecule has 0 unspecified atom stereocenters. The zero-order valence-electron chi connectivity index (χ0n) is 15.6. The van der Waals surface area contributed by atoms with Crippen LogP contribution in [-0.2, 0) is 17.9 Å². The van der Waals surface area contributed by atoms with Crippen molar-refractivity contribution >= 4 is 5.91 Å². The number of nitrogens with one attached hydrogen (secondary N) is 2. The molecule has 26 heavy (non-hydrogen) atoms. The van der Waals surface area contributed by atoms with Crippen molar-refractivity contribution in [1.82, 2.24) is 19.8 Å². The number of benzene rings is 1. The largest absolute Gasteiger partial charge is 0.353 e. The number of imidazole rings is 1. The number of amides is 1. The molecule has 0 bridgehead atoms. The molecule has 2 heterocycles. The molecule has 6 heteroatoms. The summed E-state index contributed by atoms with van der Waals surface area (Å²) in [6.45, 7) is 7.15. The van der Waals surface area contributed by atoms with E-state index < -0.39 is 0 Å². The molecule has 1 aliphatic heterocycles. The van der Waals surface area contributed by atoms with Crippen LogP contribution in [0.4, 0.5) is 0 Å². The van der Waals surface area contributed by atoms with Gasteiger partial charge in [-0.05, 0) is 32.3 Å². The van der Waals surface area contributed by atoms with Crippen LogP contribution in [0.3, 0.4) is 0 Å². The van der Waals surface area contributed by atoms with E-state index in [1.54, 1.807) is 4.57 Å². The molecule has 1 aromatic carbocycles. The summed E-state index contributed by atoms with van der Waals surface area (Å²) in [4.78, 5) is 29.3. The molecule has 0 aliphatic carbocycles. The number of carbonyl (C=O) groups is 1. The number of likely N-dealkylation sites (tertiary alicyclic amines) is 1. The molecule has 0 spiro atoms. The Morgan fingerprint density at radius 2 is 1.88 bits per heavy atom. The summed E-state index contributed by atoms with van der Waals surface area (Å²) >= 11 is 0. The van der Waals surface area contributed by atoms with Crippen LogP contribution in [0, 0.1) is 13.8 Å². The molecule has 0 radical (unpaired) electrons. The number of hydrogen-bond acceptors (Lipinski definition) is 3. The van der Waals surface area contributed by atoms with Gasteiger partial charge in [0, 0.05) is 50.0 Å². The SMILES string of the molecule is Cc1[nH]c(=O)n(CCC(=O)NC2CCN(Cc3ccccc3)CC2)c1C. The number of carbonyl (C=O) groups excluding carboxylic acids is 1. The molecule has 2 N–H and O–H groups in total. The molecule has 1 fully saturated rings. The maximum Gasteiger partial charge on any atom is 0.325 e. The highest BCUT2D eigenvalue weighted by atomic mass is 16.2. The number of hydrogen-bond donors (Lipinski definition) is 2. The van der Waals surface area contributed by atoms with Crippen LogP contribution in [0.5, 0.6) is 0 Å². The van der Waals surface area contributed by atoms with Crippen molar-refractivity contribution in [2.75, 3.05) is 13.1 Å². The summed E-state index contributed by atoms with van der Waals surface area (Å²) in [5.74, 6) is 0.0247. The third-order valence-electron chi connectivity index (χ3n) is 5.25. The predicted octanol–water partition coefficient (Wildman–Crippen LogP) is 1.96. The van der Waals surface area contributed by atoms with Gasteiger partial charge >= 0.3 is 5.69 Å². The molecule has 6 nitrogen and oxygen atoms in total. The second-order valence-electron chi connectivity index (χ2n) is 7.15. The van der Waals surface area contributed by atoms with Gasteiger partial charge < -0.3 is 10.3 Å². The molecule has 3 rings (SSSR count). The predicted molar refractivity (Wildman–Crippen MR) is 102 cm³/mol. The van der Waals surface area contributed by atoms with E-state index in [1.807, 2.05) is 19.9 Å². The van der Waals surface area contributed by atoms with E-state index in [-0.39, 0.29) is 17.6 Å². The number of rotatable bonds is 6. The van der Waals surface area contributed by atoms with Crippen molar-refractivity contribution in [2.45, 2.75) is 52.2 Å². The van der Waals surface area contributed by atoms with Crippen molar-refractivity contribution < 1.29 is 4.79 Å². The zero-order valence-corrected chi connectivity index (χ0v) is 15.6. The highest BCUT2D eigenvalue weighted by Crippen LogP contribution is 2.14. The van der Waals surface area contributed by atoms with Crippen LogP contribution in [0.15, 0.2) is 35.1 Å². The highest BCUT2D eigenvalue weighted by molar-refractivity contribution is 5.76. The van der Waals surface area contributed by atoms with Gasteiger partial charge in [-0.3, -0.25) is 14.3 Å². The van der Waals surface area contributed by atoms with E-state index in [9.17, 15) is 9.59 Å². The summed E-state index contributed by atoms with van der Waals surface area (Å²) in [6.07, 6.45) is 2.28. The van der Waals surface area contributed by atoms with E-state index in [4.69, 9.17) is 0 Å². The molecule has 1 aliphatic rings. The van der Waals surface area contributed by atoms with Crippen molar-refractivity contribution in [1.29, 1.82) is 0 Å². The minimum atomic E-state index is -0.137. The van der Waals surface area contributed by atoms with Crippen LogP contribution in [-0.4, -0.2) is 39.5 Å². The van der Waals surface area contributed by atoms with Gasteiger partial charge in [0.15, 0.2) is 0 Å². The lowest BCUT2D eigenvalue weighted by atomic mass is 10.0. The third-order valence-corrected chi connectivity index (χ3v) is 5.25. The summed E-state index contributed by atoms with van der Waals surface area (Å²) < 4.78 is 1.64. The van der Waals surface area contributed by atoms with Gasteiger partial charge in [-0.1, -0.05) is 30.3 Å². The Balaban J connectivity index is 1.41. The Labute approximate surface area is 154 Å². The summed E-state index contributed by atoms with van der Waals surface area (Å²) in [6, 6.07) is 10.7. The van der Waals surface area contributed by atoms with Crippen molar-refractivity contribution in [3.8, 4) is 0 Å². The first kappa shape index (κ1) is 18.5. The van der Waals surface area contributed by atoms with Crippen LogP contribution in [0.25, 0.3) is 0 Å². The molecule has 0 saturated carbocycles. The van der Waals surface area contributed by atoms with E-state index in [1.165, 1.54) is 5.56 Å². The van der Waals surface area contributed by atoms with E-state index in [0.29, 0.717) is 13.0 Å². The average Bonchev–Trinajstić information content (AvgIpc) is 2.88. The van der Waals surface area contributed by atoms with Gasteiger partial charge in [-0.2, -0.15) is 0 Å². The lowest BCUT2D eigenvalue weighted by Crippen LogP contribution is -2.44. The monoisotopic (exact) mass is 356 g/mol. The number of nitrogens with zero attached hydrogens (tertiary/aromatic N) is 2. The van der Waals surface area contributed by atoms with Gasteiger partial charge in [0.1, 0.15) is 0 Å². The van der Waals surface area contributed by atoms with Gasteiger partial charge in [-0.25, -0.2) is 4.79 Å². The average molecular weight is 356 g/mol. The summed E-state index contributed by atoms with van der Waals surface area (Å²) in [5.41, 5.74) is 2.96. The quantitative estimate of drug-likeness (QED) is 0.831. The zero-order chi connectivity index (χ0) is 18.5. The minimum Gasteiger partial charge on any atom is -0.353 e. The topological polar surface area (TPSA) is 70.1 Å². The van der Waals surface area contributed by atoms with Gasteiger partial charge in [0.2, 0.25) is 5.91 Å². The maximum absolute atomic E-state index is 12.2. The summed E-state index contributed by atoms with van der Waals surface area (Å²) in [7, 11) is 0. The molecule has 0 atom stereocenters. The number of piperidine rings is 1. The Kier molecular flexibility index (Phi) is 5.93. The van der Waals surface area contributed by atoms with Crippen LogP contribution >= 0.6 is 0 Å². The molecule has 2 aromatic rings. The smallest absolute Gasteiger partial charge is 0.325 e. The molecule has 1 amide bonds. The lowest BCUT2D eigenvalue weighted by molar-refractivity contribution is -0.122. The van der Waals surface area contributed by atoms with Gasteiger partial charge in [0.25, 0.3) is 0 Å². The molecule has 1 saturated heterocycles. The van der Waals surface area contributed by atoms with Gasteiger partial charge in [-0.15, -0.1) is 0 Å². The lowest BCUT2D eigenvalue weighted by Gasteiger charge is -2.32. The second kappa shape index (κ2) is 8.36. The first-order valence-corrected chi connectivity index (χ1v) is 9.34. The number of aromatic amines is 1. The number of aromatic nitrogens is 2. The van der Waals surface area contributed by atoms with Crippen LogP contribution in [0.2, 0.25) is 0 Å². The highest BCUT2D eigenvalue weighted by Gasteiger charge is 2.20. The fourth-order valence-electron chi connectivity index (χ4n) is 3.53. The van der Waals surface area contributed by atoms with Crippen LogP contribution in [0.1, 0.15) is 36.2 Å². The molecule has 140 valence electrons.